The highest BCUT2D eigenvalue weighted by atomic mass is 16.3. The number of carbonyl (C=O) groups excluding carboxylic acids is 2. The number of rotatable bonds is 5. The summed E-state index contributed by atoms with van der Waals surface area (Å²) in [6, 6.07) is 16.6. The van der Waals surface area contributed by atoms with E-state index in [-0.39, 0.29) is 13.1 Å². The molecule has 2 aromatic heterocycles. The minimum atomic E-state index is -0.554. The Morgan fingerprint density at radius 3 is 2.52 bits per heavy atom. The van der Waals surface area contributed by atoms with E-state index >= 15 is 0 Å². The predicted molar refractivity (Wildman–Crippen MR) is 91.2 cm³/mol. The normalized spacial score (nSPS) is 10.2. The minimum absolute atomic E-state index is 0.0504. The summed E-state index contributed by atoms with van der Waals surface area (Å²) in [4.78, 5) is 23.7. The van der Waals surface area contributed by atoms with Crippen LogP contribution in [0.2, 0.25) is 0 Å². The molecule has 0 saturated carbocycles. The lowest BCUT2D eigenvalue weighted by atomic mass is 10.1. The van der Waals surface area contributed by atoms with Crippen LogP contribution in [0.4, 0.5) is 4.79 Å². The first kappa shape index (κ1) is 16.4. The van der Waals surface area contributed by atoms with Crippen LogP contribution in [-0.4, -0.2) is 11.9 Å². The minimum Gasteiger partial charge on any atom is -0.467 e. The maximum absolute atomic E-state index is 12.0. The summed E-state index contributed by atoms with van der Waals surface area (Å²) in [5.41, 5.74) is 2.06. The van der Waals surface area contributed by atoms with Gasteiger partial charge in [0.1, 0.15) is 5.76 Å². The van der Waals surface area contributed by atoms with Crippen molar-refractivity contribution < 1.29 is 18.6 Å². The lowest BCUT2D eigenvalue weighted by Gasteiger charge is -2.04. The Bertz CT molecular complexity index is 845. The Labute approximate surface area is 145 Å². The molecule has 0 aliphatic heterocycles. The van der Waals surface area contributed by atoms with Crippen molar-refractivity contribution in [1.29, 1.82) is 0 Å². The molecule has 1 aromatic carbocycles. The molecule has 2 N–H and O–H groups in total. The number of imide groups is 1. The zero-order chi connectivity index (χ0) is 17.5. The SMILES string of the molecule is O=C(C[n+]1cccc(-c2ccccc2)c1)NC(=O)NCc1ccco1. The van der Waals surface area contributed by atoms with E-state index in [0.29, 0.717) is 5.76 Å². The zero-order valence-electron chi connectivity index (χ0n) is 13.5. The van der Waals surface area contributed by atoms with Crippen LogP contribution in [-0.2, 0) is 17.9 Å². The number of hydrogen-bond donors (Lipinski definition) is 2. The molecule has 0 unspecified atom stereocenters. The molecule has 3 amide bonds. The van der Waals surface area contributed by atoms with Crippen LogP contribution in [0.5, 0.6) is 0 Å². The number of urea groups is 1. The van der Waals surface area contributed by atoms with Crippen molar-refractivity contribution in [3.05, 3.63) is 79.0 Å². The van der Waals surface area contributed by atoms with Crippen LogP contribution in [0.25, 0.3) is 11.1 Å². The molecule has 0 fully saturated rings. The number of nitrogens with one attached hydrogen (secondary N) is 2. The zero-order valence-corrected chi connectivity index (χ0v) is 13.5. The summed E-state index contributed by atoms with van der Waals surface area (Å²) in [5.74, 6) is 0.222. The quantitative estimate of drug-likeness (QED) is 0.702. The maximum atomic E-state index is 12.0. The number of nitrogens with zero attached hydrogens (tertiary/aromatic N) is 1. The van der Waals surface area contributed by atoms with Crippen LogP contribution in [0.3, 0.4) is 0 Å². The third-order valence-corrected chi connectivity index (χ3v) is 3.55. The van der Waals surface area contributed by atoms with Crippen molar-refractivity contribution in [2.24, 2.45) is 0 Å². The summed E-state index contributed by atoms with van der Waals surface area (Å²) in [5, 5.41) is 4.86. The van der Waals surface area contributed by atoms with Gasteiger partial charge in [-0.2, -0.15) is 4.57 Å². The fraction of sp³-hybridized carbons (Fsp3) is 0.105. The van der Waals surface area contributed by atoms with Gasteiger partial charge >= 0.3 is 6.03 Å². The molecule has 0 aliphatic carbocycles. The molecule has 0 radical (unpaired) electrons. The Morgan fingerprint density at radius 1 is 0.960 bits per heavy atom. The van der Waals surface area contributed by atoms with Gasteiger partial charge in [0, 0.05) is 11.6 Å². The average Bonchev–Trinajstić information content (AvgIpc) is 3.14. The van der Waals surface area contributed by atoms with E-state index in [4.69, 9.17) is 4.42 Å². The van der Waals surface area contributed by atoms with Crippen molar-refractivity contribution in [3.8, 4) is 11.1 Å². The molecule has 0 spiro atoms. The highest BCUT2D eigenvalue weighted by molar-refractivity contribution is 5.93. The standard InChI is InChI=1S/C19H17N3O3/c23-18(21-19(24)20-12-17-9-5-11-25-17)14-22-10-4-8-16(13-22)15-6-2-1-3-7-15/h1-11,13H,12,14H2,(H-,20,21,23,24)/p+1. The second-order valence-electron chi connectivity index (χ2n) is 5.44. The van der Waals surface area contributed by atoms with Gasteiger partial charge in [0.15, 0.2) is 12.4 Å². The van der Waals surface area contributed by atoms with Crippen LogP contribution in [0, 0.1) is 0 Å². The molecule has 3 aromatic rings. The lowest BCUT2D eigenvalue weighted by molar-refractivity contribution is -0.683. The van der Waals surface area contributed by atoms with Gasteiger partial charge in [-0.15, -0.1) is 0 Å². The summed E-state index contributed by atoms with van der Waals surface area (Å²) in [7, 11) is 0. The van der Waals surface area contributed by atoms with Crippen LogP contribution >= 0.6 is 0 Å². The fourth-order valence-electron chi connectivity index (χ4n) is 2.38. The van der Waals surface area contributed by atoms with E-state index < -0.39 is 11.9 Å². The summed E-state index contributed by atoms with van der Waals surface area (Å²) in [6.45, 7) is 0.275. The Hall–Kier alpha value is -3.41. The Balaban J connectivity index is 1.55. The van der Waals surface area contributed by atoms with Gasteiger partial charge in [-0.1, -0.05) is 30.3 Å². The third kappa shape index (κ3) is 4.78. The lowest BCUT2D eigenvalue weighted by Crippen LogP contribution is -2.47. The molecule has 0 atom stereocenters. The van der Waals surface area contributed by atoms with Crippen molar-refractivity contribution in [2.45, 2.75) is 13.1 Å². The maximum Gasteiger partial charge on any atom is 0.322 e. The molecule has 6 nitrogen and oxygen atoms in total. The second kappa shape index (κ2) is 7.92. The van der Waals surface area contributed by atoms with Crippen molar-refractivity contribution in [3.63, 3.8) is 0 Å². The topological polar surface area (TPSA) is 75.2 Å². The van der Waals surface area contributed by atoms with E-state index in [9.17, 15) is 9.59 Å². The molecule has 0 saturated heterocycles. The number of benzene rings is 1. The molecule has 126 valence electrons. The van der Waals surface area contributed by atoms with Gasteiger partial charge in [-0.25, -0.2) is 4.79 Å². The average molecular weight is 336 g/mol. The van der Waals surface area contributed by atoms with Gasteiger partial charge in [0.05, 0.1) is 12.8 Å². The fourth-order valence-corrected chi connectivity index (χ4v) is 2.38. The van der Waals surface area contributed by atoms with Gasteiger partial charge in [-0.05, 0) is 23.8 Å². The van der Waals surface area contributed by atoms with Crippen LogP contribution in [0.1, 0.15) is 5.76 Å². The Morgan fingerprint density at radius 2 is 1.76 bits per heavy atom. The monoisotopic (exact) mass is 336 g/mol. The molecule has 3 rings (SSSR count). The predicted octanol–water partition coefficient (Wildman–Crippen LogP) is 2.26. The van der Waals surface area contributed by atoms with E-state index in [2.05, 4.69) is 10.6 Å². The highest BCUT2D eigenvalue weighted by Crippen LogP contribution is 2.15. The van der Waals surface area contributed by atoms with Crippen LogP contribution < -0.4 is 15.2 Å². The number of furan rings is 1. The van der Waals surface area contributed by atoms with Gasteiger partial charge in [-0.3, -0.25) is 10.1 Å². The first-order valence-electron chi connectivity index (χ1n) is 7.85. The Kier molecular flexibility index (Phi) is 5.21. The van der Waals surface area contributed by atoms with E-state index in [1.54, 1.807) is 22.9 Å². The van der Waals surface area contributed by atoms with E-state index in [0.717, 1.165) is 11.1 Å². The summed E-state index contributed by atoms with van der Waals surface area (Å²) >= 11 is 0. The smallest absolute Gasteiger partial charge is 0.322 e. The largest absolute Gasteiger partial charge is 0.467 e. The van der Waals surface area contributed by atoms with Gasteiger partial charge in [0.2, 0.25) is 6.54 Å². The van der Waals surface area contributed by atoms with E-state index in [1.165, 1.54) is 6.26 Å². The van der Waals surface area contributed by atoms with E-state index in [1.807, 2.05) is 48.7 Å². The van der Waals surface area contributed by atoms with Crippen molar-refractivity contribution in [2.75, 3.05) is 0 Å². The van der Waals surface area contributed by atoms with Gasteiger partial charge in [0.25, 0.3) is 5.91 Å². The number of pyridine rings is 1. The highest BCUT2D eigenvalue weighted by Gasteiger charge is 2.14. The number of amides is 3. The summed E-state index contributed by atoms with van der Waals surface area (Å²) < 4.78 is 6.84. The number of aromatic nitrogens is 1. The number of carbonyl (C=O) groups is 2. The first-order chi connectivity index (χ1) is 12.2. The van der Waals surface area contributed by atoms with Gasteiger partial charge < -0.3 is 9.73 Å². The molecule has 25 heavy (non-hydrogen) atoms. The first-order valence-corrected chi connectivity index (χ1v) is 7.85. The van der Waals surface area contributed by atoms with Crippen LogP contribution in [0.15, 0.2) is 77.7 Å². The molecule has 0 aliphatic rings. The molecular weight excluding hydrogens is 318 g/mol. The van der Waals surface area contributed by atoms with Crippen molar-refractivity contribution >= 4 is 11.9 Å². The molecular formula is C19H18N3O3+. The number of hydrogen-bond acceptors (Lipinski definition) is 3. The third-order valence-electron chi connectivity index (χ3n) is 3.55. The summed E-state index contributed by atoms with van der Waals surface area (Å²) in [6.07, 6.45) is 5.18. The van der Waals surface area contributed by atoms with Crippen molar-refractivity contribution in [1.82, 2.24) is 10.6 Å². The molecule has 6 heteroatoms. The molecule has 0 bridgehead atoms. The molecule has 2 heterocycles. The second-order valence-corrected chi connectivity index (χ2v) is 5.44.